The Morgan fingerprint density at radius 1 is 1.13 bits per heavy atom. The number of nitrogens with zero attached hydrogens (tertiary/aromatic N) is 1. The van der Waals surface area contributed by atoms with Crippen LogP contribution in [0.25, 0.3) is 10.6 Å². The molecule has 5 nitrogen and oxygen atoms in total. The molecular weight excluding hydrogens is 396 g/mol. The van der Waals surface area contributed by atoms with Gasteiger partial charge in [-0.2, -0.15) is 0 Å². The first-order chi connectivity index (χ1) is 14.6. The van der Waals surface area contributed by atoms with Crippen LogP contribution < -0.4 is 14.8 Å². The minimum Gasteiger partial charge on any atom is -0.490 e. The summed E-state index contributed by atoms with van der Waals surface area (Å²) in [6.07, 6.45) is 2.15. The van der Waals surface area contributed by atoms with Gasteiger partial charge in [-0.25, -0.2) is 4.98 Å². The Balaban J connectivity index is 1.37. The predicted octanol–water partition coefficient (Wildman–Crippen LogP) is 4.95. The van der Waals surface area contributed by atoms with Gasteiger partial charge in [0, 0.05) is 17.4 Å². The number of nitrogens with one attached hydrogen (secondary N) is 1. The van der Waals surface area contributed by atoms with Crippen LogP contribution in [0.3, 0.4) is 0 Å². The van der Waals surface area contributed by atoms with Crippen LogP contribution >= 0.6 is 11.3 Å². The van der Waals surface area contributed by atoms with Gasteiger partial charge in [-0.15, -0.1) is 11.3 Å². The summed E-state index contributed by atoms with van der Waals surface area (Å²) < 4.78 is 11.4. The van der Waals surface area contributed by atoms with Crippen molar-refractivity contribution in [1.82, 2.24) is 10.3 Å². The van der Waals surface area contributed by atoms with E-state index in [0.717, 1.165) is 46.2 Å². The first kappa shape index (κ1) is 20.4. The number of aryl methyl sites for hydroxylation is 1. The third-order valence-corrected chi connectivity index (χ3v) is 6.09. The number of carbonyl (C=O) groups is 1. The van der Waals surface area contributed by atoms with E-state index in [-0.39, 0.29) is 18.4 Å². The largest absolute Gasteiger partial charge is 0.490 e. The van der Waals surface area contributed by atoms with Crippen molar-refractivity contribution in [2.75, 3.05) is 13.2 Å². The summed E-state index contributed by atoms with van der Waals surface area (Å²) in [5.74, 6) is 1.45. The summed E-state index contributed by atoms with van der Waals surface area (Å²) >= 11 is 1.57. The molecule has 0 saturated carbocycles. The second-order valence-electron chi connectivity index (χ2n) is 7.42. The molecule has 6 heteroatoms. The Bertz CT molecular complexity index is 1010. The smallest absolute Gasteiger partial charge is 0.226 e. The van der Waals surface area contributed by atoms with Crippen LogP contribution in [0, 0.1) is 0 Å². The summed E-state index contributed by atoms with van der Waals surface area (Å²) in [5, 5.41) is 5.96. The van der Waals surface area contributed by atoms with Crippen LogP contribution in [-0.4, -0.2) is 24.1 Å². The highest BCUT2D eigenvalue weighted by molar-refractivity contribution is 7.13. The van der Waals surface area contributed by atoms with Crippen molar-refractivity contribution in [1.29, 1.82) is 0 Å². The fourth-order valence-corrected chi connectivity index (χ4v) is 4.22. The van der Waals surface area contributed by atoms with E-state index in [1.54, 1.807) is 11.3 Å². The molecule has 1 atom stereocenters. The molecule has 0 aliphatic carbocycles. The van der Waals surface area contributed by atoms with Gasteiger partial charge in [-0.3, -0.25) is 4.79 Å². The lowest BCUT2D eigenvalue weighted by atomic mass is 10.1. The molecule has 0 fully saturated rings. The summed E-state index contributed by atoms with van der Waals surface area (Å²) in [4.78, 5) is 17.2. The molecule has 1 amide bonds. The third-order valence-electron chi connectivity index (χ3n) is 5.15. The lowest BCUT2D eigenvalue weighted by molar-refractivity contribution is -0.121. The van der Waals surface area contributed by atoms with Crippen molar-refractivity contribution < 1.29 is 14.3 Å². The molecule has 1 aromatic heterocycles. The lowest BCUT2D eigenvalue weighted by Crippen LogP contribution is -2.28. The van der Waals surface area contributed by atoms with Crippen LogP contribution in [-0.2, 0) is 17.6 Å². The van der Waals surface area contributed by atoms with Gasteiger partial charge in [0.05, 0.1) is 31.4 Å². The highest BCUT2D eigenvalue weighted by atomic mass is 32.1. The van der Waals surface area contributed by atoms with Crippen molar-refractivity contribution in [3.05, 3.63) is 64.7 Å². The molecule has 1 aliphatic heterocycles. The predicted molar refractivity (Wildman–Crippen MR) is 119 cm³/mol. The molecule has 1 unspecified atom stereocenters. The fraction of sp³-hybridized carbons (Fsp3) is 0.333. The lowest BCUT2D eigenvalue weighted by Gasteiger charge is -2.16. The minimum atomic E-state index is -0.130. The van der Waals surface area contributed by atoms with Crippen LogP contribution in [0.5, 0.6) is 11.5 Å². The van der Waals surface area contributed by atoms with Gasteiger partial charge in [-0.05, 0) is 36.6 Å². The number of rotatable bonds is 6. The van der Waals surface area contributed by atoms with E-state index in [2.05, 4.69) is 41.5 Å². The second kappa shape index (κ2) is 9.30. The zero-order valence-electron chi connectivity index (χ0n) is 17.3. The van der Waals surface area contributed by atoms with Crippen LogP contribution in [0.2, 0.25) is 0 Å². The number of benzene rings is 2. The quantitative estimate of drug-likeness (QED) is 0.610. The molecule has 0 saturated heterocycles. The zero-order chi connectivity index (χ0) is 20.9. The normalized spacial score (nSPS) is 14.1. The van der Waals surface area contributed by atoms with Crippen molar-refractivity contribution in [2.24, 2.45) is 0 Å². The number of thiazole rings is 1. The summed E-state index contributed by atoms with van der Waals surface area (Å²) in [5.41, 5.74) is 4.17. The van der Waals surface area contributed by atoms with Crippen LogP contribution in [0.15, 0.2) is 47.8 Å². The highest BCUT2D eigenvalue weighted by Crippen LogP contribution is 2.32. The molecule has 1 aliphatic rings. The second-order valence-corrected chi connectivity index (χ2v) is 8.28. The minimum absolute atomic E-state index is 0.0483. The zero-order valence-corrected chi connectivity index (χ0v) is 18.1. The highest BCUT2D eigenvalue weighted by Gasteiger charge is 2.16. The fourth-order valence-electron chi connectivity index (χ4n) is 3.39. The average Bonchev–Trinajstić information content (AvgIpc) is 3.09. The number of carbonyl (C=O) groups excluding carboxylic acids is 1. The Morgan fingerprint density at radius 3 is 2.67 bits per heavy atom. The van der Waals surface area contributed by atoms with Gasteiger partial charge < -0.3 is 14.8 Å². The van der Waals surface area contributed by atoms with Crippen molar-refractivity contribution in [3.8, 4) is 22.1 Å². The molecule has 2 aromatic carbocycles. The van der Waals surface area contributed by atoms with E-state index in [9.17, 15) is 4.79 Å². The molecule has 1 N–H and O–H groups in total. The number of amides is 1. The average molecular weight is 423 g/mol. The van der Waals surface area contributed by atoms with E-state index in [0.29, 0.717) is 13.2 Å². The van der Waals surface area contributed by atoms with Crippen LogP contribution in [0.1, 0.15) is 43.1 Å². The molecule has 0 bridgehead atoms. The maximum atomic E-state index is 12.6. The van der Waals surface area contributed by atoms with Gasteiger partial charge in [-0.1, -0.05) is 37.3 Å². The van der Waals surface area contributed by atoms with Crippen molar-refractivity contribution >= 4 is 17.2 Å². The first-order valence-electron chi connectivity index (χ1n) is 10.3. The molecule has 3 aromatic rings. The maximum Gasteiger partial charge on any atom is 0.226 e. The van der Waals surface area contributed by atoms with E-state index < -0.39 is 0 Å². The first-order valence-corrected chi connectivity index (χ1v) is 11.2. The number of hydrogen-bond acceptors (Lipinski definition) is 5. The Labute approximate surface area is 181 Å². The standard InChI is InChI=1S/C24H26N2O3S/c1-3-17-5-7-18(8-6-17)24-26-20(15-30-24)14-23(27)25-16(2)19-9-10-21-22(13-19)29-12-4-11-28-21/h5-10,13,15-16H,3-4,11-12,14H2,1-2H3,(H,25,27). The summed E-state index contributed by atoms with van der Waals surface area (Å²) in [7, 11) is 0. The third kappa shape index (κ3) is 4.82. The SMILES string of the molecule is CCc1ccc(-c2nc(CC(=O)NC(C)c3ccc4c(c3)OCCCO4)cs2)cc1. The van der Waals surface area contributed by atoms with Gasteiger partial charge >= 0.3 is 0 Å². The van der Waals surface area contributed by atoms with Gasteiger partial charge in [0.15, 0.2) is 11.5 Å². The van der Waals surface area contributed by atoms with Crippen molar-refractivity contribution in [2.45, 2.75) is 39.2 Å². The van der Waals surface area contributed by atoms with Crippen molar-refractivity contribution in [3.63, 3.8) is 0 Å². The Hall–Kier alpha value is -2.86. The number of fused-ring (bicyclic) bond motifs is 1. The van der Waals surface area contributed by atoms with Gasteiger partial charge in [0.2, 0.25) is 5.91 Å². The maximum absolute atomic E-state index is 12.6. The molecule has 156 valence electrons. The van der Waals surface area contributed by atoms with E-state index in [1.165, 1.54) is 5.56 Å². The van der Waals surface area contributed by atoms with Gasteiger partial charge in [0.25, 0.3) is 0 Å². The molecular formula is C24H26N2O3S. The topological polar surface area (TPSA) is 60.5 Å². The monoisotopic (exact) mass is 422 g/mol. The van der Waals surface area contributed by atoms with E-state index in [1.807, 2.05) is 30.5 Å². The van der Waals surface area contributed by atoms with E-state index >= 15 is 0 Å². The Morgan fingerprint density at radius 2 is 1.90 bits per heavy atom. The molecule has 0 spiro atoms. The van der Waals surface area contributed by atoms with Gasteiger partial charge in [0.1, 0.15) is 5.01 Å². The molecule has 4 rings (SSSR count). The molecule has 0 radical (unpaired) electrons. The number of ether oxygens (including phenoxy) is 2. The Kier molecular flexibility index (Phi) is 6.33. The molecule has 30 heavy (non-hydrogen) atoms. The van der Waals surface area contributed by atoms with E-state index in [4.69, 9.17) is 9.47 Å². The number of hydrogen-bond donors (Lipinski definition) is 1. The molecule has 2 heterocycles. The number of aromatic nitrogens is 1. The summed E-state index contributed by atoms with van der Waals surface area (Å²) in [6, 6.07) is 14.1. The van der Waals surface area contributed by atoms with Crippen LogP contribution in [0.4, 0.5) is 0 Å². The summed E-state index contributed by atoms with van der Waals surface area (Å²) in [6.45, 7) is 5.42.